The fourth-order valence-corrected chi connectivity index (χ4v) is 3.58. The van der Waals surface area contributed by atoms with Gasteiger partial charge in [0, 0.05) is 35.2 Å². The fourth-order valence-electron chi connectivity index (χ4n) is 3.29. The van der Waals surface area contributed by atoms with E-state index in [0.29, 0.717) is 27.3 Å². The Morgan fingerprint density at radius 1 is 1.07 bits per heavy atom. The van der Waals surface area contributed by atoms with Gasteiger partial charge < -0.3 is 5.32 Å². The zero-order valence-corrected chi connectivity index (χ0v) is 15.2. The molecule has 0 unspecified atom stereocenters. The number of carbonyl (C=O) groups is 1. The first kappa shape index (κ1) is 18.5. The largest absolute Gasteiger partial charge is 0.306 e. The van der Waals surface area contributed by atoms with Crippen molar-refractivity contribution in [3.05, 3.63) is 82.3 Å². The van der Waals surface area contributed by atoms with Crippen LogP contribution in [0.15, 0.2) is 54.7 Å². The summed E-state index contributed by atoms with van der Waals surface area (Å²) in [5.74, 6) is -3.75. The molecule has 7 heteroatoms. The number of anilines is 1. The number of alkyl halides is 2. The second kappa shape index (κ2) is 6.95. The van der Waals surface area contributed by atoms with E-state index in [0.717, 1.165) is 0 Å². The fraction of sp³-hybridized carbons (Fsp3) is 0.143. The second-order valence-corrected chi connectivity index (χ2v) is 7.08. The Bertz CT molecular complexity index is 1070. The summed E-state index contributed by atoms with van der Waals surface area (Å²) in [4.78, 5) is 16.3. The van der Waals surface area contributed by atoms with Crippen LogP contribution in [-0.4, -0.2) is 16.8 Å². The normalized spacial score (nSPS) is 14.6. The first-order chi connectivity index (χ1) is 13.3. The third-order valence-electron chi connectivity index (χ3n) is 4.62. The number of nitrogens with zero attached hydrogens (tertiary/aromatic N) is 1. The average Bonchev–Trinajstić information content (AvgIpc) is 2.95. The van der Waals surface area contributed by atoms with Crippen LogP contribution in [0.5, 0.6) is 0 Å². The minimum Gasteiger partial charge on any atom is -0.306 e. The lowest BCUT2D eigenvalue weighted by Crippen LogP contribution is -2.14. The Hall–Kier alpha value is -2.86. The topological polar surface area (TPSA) is 42.0 Å². The van der Waals surface area contributed by atoms with Gasteiger partial charge in [-0.2, -0.15) is 0 Å². The van der Waals surface area contributed by atoms with Gasteiger partial charge in [0.25, 0.3) is 11.8 Å². The highest BCUT2D eigenvalue weighted by Crippen LogP contribution is 2.39. The third kappa shape index (κ3) is 3.60. The predicted octanol–water partition coefficient (Wildman–Crippen LogP) is 5.53. The number of nitrogens with one attached hydrogen (secondary N) is 1. The summed E-state index contributed by atoms with van der Waals surface area (Å²) in [7, 11) is 0. The van der Waals surface area contributed by atoms with Crippen LogP contribution < -0.4 is 5.32 Å². The summed E-state index contributed by atoms with van der Waals surface area (Å²) in [5.41, 5.74) is 2.27. The van der Waals surface area contributed by atoms with Crippen molar-refractivity contribution in [1.82, 2.24) is 4.98 Å². The van der Waals surface area contributed by atoms with Crippen molar-refractivity contribution >= 4 is 23.3 Å². The first-order valence-electron chi connectivity index (χ1n) is 8.54. The molecule has 0 aliphatic heterocycles. The molecule has 2 aromatic carbocycles. The Balaban J connectivity index is 1.56. The van der Waals surface area contributed by atoms with Gasteiger partial charge in [-0.25, -0.2) is 18.2 Å². The lowest BCUT2D eigenvalue weighted by molar-refractivity contribution is 0.0130. The van der Waals surface area contributed by atoms with Crippen LogP contribution in [0.4, 0.5) is 19.0 Å². The predicted molar refractivity (Wildman–Crippen MR) is 101 cm³/mol. The molecule has 0 radical (unpaired) electrons. The van der Waals surface area contributed by atoms with Gasteiger partial charge in [0.05, 0.1) is 5.56 Å². The zero-order chi connectivity index (χ0) is 19.9. The van der Waals surface area contributed by atoms with Crippen LogP contribution in [0, 0.1) is 5.82 Å². The molecule has 4 rings (SSSR count). The summed E-state index contributed by atoms with van der Waals surface area (Å²) in [6.45, 7) is 0. The molecule has 1 heterocycles. The number of rotatable bonds is 3. The van der Waals surface area contributed by atoms with Crippen LogP contribution in [0.2, 0.25) is 5.02 Å². The van der Waals surface area contributed by atoms with Crippen LogP contribution in [0.25, 0.3) is 11.1 Å². The summed E-state index contributed by atoms with van der Waals surface area (Å²) >= 11 is 6.27. The van der Waals surface area contributed by atoms with Crippen molar-refractivity contribution in [2.75, 3.05) is 5.32 Å². The molecular formula is C21H14ClF3N2O. The van der Waals surface area contributed by atoms with Crippen molar-refractivity contribution in [2.45, 2.75) is 18.8 Å². The molecule has 0 bridgehead atoms. The van der Waals surface area contributed by atoms with Gasteiger partial charge in [-0.15, -0.1) is 0 Å². The lowest BCUT2D eigenvalue weighted by atomic mass is 10.0. The van der Waals surface area contributed by atoms with Crippen LogP contribution >= 0.6 is 11.6 Å². The Labute approximate surface area is 164 Å². The number of benzene rings is 2. The van der Waals surface area contributed by atoms with Gasteiger partial charge in [0.2, 0.25) is 0 Å². The number of aromatic nitrogens is 1. The second-order valence-electron chi connectivity index (χ2n) is 6.68. The minimum absolute atomic E-state index is 0.0871. The molecule has 0 fully saturated rings. The van der Waals surface area contributed by atoms with Crippen molar-refractivity contribution in [1.29, 1.82) is 0 Å². The van der Waals surface area contributed by atoms with Crippen molar-refractivity contribution < 1.29 is 18.0 Å². The molecule has 1 amide bonds. The van der Waals surface area contributed by atoms with Crippen LogP contribution in [0.1, 0.15) is 21.5 Å². The molecule has 3 aromatic rings. The average molecular weight is 403 g/mol. The summed E-state index contributed by atoms with van der Waals surface area (Å²) in [6, 6.07) is 12.1. The molecule has 1 aliphatic rings. The summed E-state index contributed by atoms with van der Waals surface area (Å²) < 4.78 is 40.9. The number of fused-ring (bicyclic) bond motifs is 1. The molecule has 0 saturated carbocycles. The van der Waals surface area contributed by atoms with E-state index in [1.54, 1.807) is 30.3 Å². The molecule has 142 valence electrons. The molecule has 1 aromatic heterocycles. The van der Waals surface area contributed by atoms with E-state index in [1.807, 2.05) is 0 Å². The summed E-state index contributed by atoms with van der Waals surface area (Å²) in [6.07, 6.45) is 0.871. The van der Waals surface area contributed by atoms with E-state index >= 15 is 0 Å². The van der Waals surface area contributed by atoms with Crippen LogP contribution in [0.3, 0.4) is 0 Å². The number of hydrogen-bond donors (Lipinski definition) is 1. The van der Waals surface area contributed by atoms with E-state index in [2.05, 4.69) is 10.3 Å². The third-order valence-corrected chi connectivity index (χ3v) is 4.93. The van der Waals surface area contributed by atoms with E-state index in [-0.39, 0.29) is 24.2 Å². The van der Waals surface area contributed by atoms with Crippen molar-refractivity contribution in [2.24, 2.45) is 0 Å². The maximum atomic E-state index is 13.7. The van der Waals surface area contributed by atoms with Gasteiger partial charge in [-0.05, 0) is 47.5 Å². The molecule has 3 nitrogen and oxygen atoms in total. The summed E-state index contributed by atoms with van der Waals surface area (Å²) in [5, 5.41) is 2.88. The van der Waals surface area contributed by atoms with E-state index < -0.39 is 17.6 Å². The highest BCUT2D eigenvalue weighted by Gasteiger charge is 2.37. The standard InChI is InChI=1S/C21H14ClF3N2O/c22-17-8-14-10-21(24,25)9-13(14)7-16(17)12-5-6-19(26-11-12)27-20(28)15-3-1-2-4-18(15)23/h1-8,11H,9-10H2,(H,26,27,28). The number of halogens is 4. The number of amides is 1. The van der Waals surface area contributed by atoms with Gasteiger partial charge in [-0.1, -0.05) is 23.7 Å². The van der Waals surface area contributed by atoms with Gasteiger partial charge in [0.15, 0.2) is 0 Å². The number of hydrogen-bond acceptors (Lipinski definition) is 2. The molecule has 1 aliphatic carbocycles. The molecular weight excluding hydrogens is 389 g/mol. The first-order valence-corrected chi connectivity index (χ1v) is 8.92. The molecule has 28 heavy (non-hydrogen) atoms. The Kier molecular flexibility index (Phi) is 4.59. The highest BCUT2D eigenvalue weighted by molar-refractivity contribution is 6.33. The maximum absolute atomic E-state index is 13.7. The van der Waals surface area contributed by atoms with Crippen molar-refractivity contribution in [3.8, 4) is 11.1 Å². The zero-order valence-electron chi connectivity index (χ0n) is 14.5. The maximum Gasteiger partial charge on any atom is 0.259 e. The van der Waals surface area contributed by atoms with E-state index in [9.17, 15) is 18.0 Å². The minimum atomic E-state index is -2.75. The molecule has 0 atom stereocenters. The monoisotopic (exact) mass is 402 g/mol. The quantitative estimate of drug-likeness (QED) is 0.626. The van der Waals surface area contributed by atoms with Crippen LogP contribution in [-0.2, 0) is 12.8 Å². The smallest absolute Gasteiger partial charge is 0.259 e. The van der Waals surface area contributed by atoms with Gasteiger partial charge in [0.1, 0.15) is 11.6 Å². The molecule has 0 saturated heterocycles. The molecule has 0 spiro atoms. The SMILES string of the molecule is O=C(Nc1ccc(-c2cc3c(cc2Cl)CC(F)(F)C3)cn1)c1ccccc1F. The Morgan fingerprint density at radius 3 is 2.46 bits per heavy atom. The van der Waals surface area contributed by atoms with E-state index in [1.165, 1.54) is 24.4 Å². The van der Waals surface area contributed by atoms with Crippen molar-refractivity contribution in [3.63, 3.8) is 0 Å². The van der Waals surface area contributed by atoms with Gasteiger partial charge >= 0.3 is 0 Å². The van der Waals surface area contributed by atoms with E-state index in [4.69, 9.17) is 11.6 Å². The number of pyridine rings is 1. The van der Waals surface area contributed by atoms with Gasteiger partial charge in [-0.3, -0.25) is 4.79 Å². The number of carbonyl (C=O) groups excluding carboxylic acids is 1. The Morgan fingerprint density at radius 2 is 1.79 bits per heavy atom. The highest BCUT2D eigenvalue weighted by atomic mass is 35.5. The lowest BCUT2D eigenvalue weighted by Gasteiger charge is -2.09. The molecule has 1 N–H and O–H groups in total.